The molecular formula is C19H21N5O3. The van der Waals surface area contributed by atoms with Crippen molar-refractivity contribution in [1.82, 2.24) is 19.4 Å². The number of aryl methyl sites for hydroxylation is 1. The van der Waals surface area contributed by atoms with Crippen molar-refractivity contribution in [2.24, 2.45) is 5.92 Å². The van der Waals surface area contributed by atoms with Crippen molar-refractivity contribution in [3.63, 3.8) is 0 Å². The number of nitrogens with one attached hydrogen (secondary N) is 1. The summed E-state index contributed by atoms with van der Waals surface area (Å²) in [6.45, 7) is 5.36. The molecule has 3 aromatic rings. The number of piperidine rings is 1. The first-order valence-electron chi connectivity index (χ1n) is 9.04. The van der Waals surface area contributed by atoms with Gasteiger partial charge in [0.15, 0.2) is 11.5 Å². The van der Waals surface area contributed by atoms with Crippen LogP contribution < -0.4 is 5.32 Å². The predicted octanol–water partition coefficient (Wildman–Crippen LogP) is 2.76. The minimum absolute atomic E-state index is 0.153. The lowest BCUT2D eigenvalue weighted by atomic mass is 9.99. The van der Waals surface area contributed by atoms with Gasteiger partial charge in [-0.2, -0.15) is 0 Å². The van der Waals surface area contributed by atoms with E-state index in [9.17, 15) is 9.59 Å². The van der Waals surface area contributed by atoms with Crippen molar-refractivity contribution >= 4 is 23.1 Å². The molecule has 0 aromatic carbocycles. The van der Waals surface area contributed by atoms with E-state index in [1.807, 2.05) is 17.0 Å². The van der Waals surface area contributed by atoms with Crippen LogP contribution in [0.2, 0.25) is 0 Å². The summed E-state index contributed by atoms with van der Waals surface area (Å²) in [5, 5.41) is 6.43. The summed E-state index contributed by atoms with van der Waals surface area (Å²) in [6, 6.07) is 7.01. The van der Waals surface area contributed by atoms with Crippen LogP contribution in [-0.4, -0.2) is 44.3 Å². The monoisotopic (exact) mass is 367 g/mol. The minimum atomic E-state index is -0.432. The van der Waals surface area contributed by atoms with Crippen molar-refractivity contribution in [3.05, 3.63) is 47.7 Å². The lowest BCUT2D eigenvalue weighted by Crippen LogP contribution is -2.38. The van der Waals surface area contributed by atoms with E-state index in [4.69, 9.17) is 4.52 Å². The Balaban J connectivity index is 1.66. The third-order valence-corrected chi connectivity index (χ3v) is 4.90. The molecule has 1 saturated heterocycles. The van der Waals surface area contributed by atoms with Gasteiger partial charge < -0.3 is 14.7 Å². The quantitative estimate of drug-likeness (QED) is 0.768. The van der Waals surface area contributed by atoms with Gasteiger partial charge in [-0.25, -0.2) is 4.98 Å². The highest BCUT2D eigenvalue weighted by Crippen LogP contribution is 2.21. The molecule has 0 unspecified atom stereocenters. The Morgan fingerprint density at radius 1 is 1.26 bits per heavy atom. The summed E-state index contributed by atoms with van der Waals surface area (Å²) < 4.78 is 6.64. The average molecular weight is 367 g/mol. The highest BCUT2D eigenvalue weighted by atomic mass is 16.5. The smallest absolute Gasteiger partial charge is 0.290 e. The van der Waals surface area contributed by atoms with Gasteiger partial charge in [-0.1, -0.05) is 18.1 Å². The molecule has 0 saturated carbocycles. The number of nitrogens with zero attached hydrogens (tertiary/aromatic N) is 4. The summed E-state index contributed by atoms with van der Waals surface area (Å²) in [5.74, 6) is 1.19. The third-order valence-electron chi connectivity index (χ3n) is 4.90. The second-order valence-corrected chi connectivity index (χ2v) is 6.99. The molecule has 27 heavy (non-hydrogen) atoms. The molecule has 3 aromatic heterocycles. The molecule has 8 nitrogen and oxygen atoms in total. The summed E-state index contributed by atoms with van der Waals surface area (Å²) in [7, 11) is 0. The Morgan fingerprint density at radius 2 is 2.04 bits per heavy atom. The Bertz CT molecular complexity index is 998. The third kappa shape index (κ3) is 3.30. The summed E-state index contributed by atoms with van der Waals surface area (Å²) in [6.07, 6.45) is 3.71. The van der Waals surface area contributed by atoms with Crippen molar-refractivity contribution in [3.8, 4) is 0 Å². The molecule has 4 heterocycles. The standard InChI is InChI=1S/C19H21N5O3/c1-12-6-9-23(10-7-12)19(26)17-21-16(14-5-3-4-8-24(14)17)18(25)20-15-11-13(2)27-22-15/h3-5,8,11-12H,6-7,9-10H2,1-2H3,(H,20,22,25). The molecule has 4 rings (SSSR count). The molecule has 1 N–H and O–H groups in total. The molecule has 1 fully saturated rings. The lowest BCUT2D eigenvalue weighted by Gasteiger charge is -2.29. The number of fused-ring (bicyclic) bond motifs is 1. The number of imidazole rings is 1. The van der Waals surface area contributed by atoms with E-state index >= 15 is 0 Å². The second-order valence-electron chi connectivity index (χ2n) is 6.99. The van der Waals surface area contributed by atoms with E-state index in [2.05, 4.69) is 22.4 Å². The zero-order chi connectivity index (χ0) is 19.0. The van der Waals surface area contributed by atoms with Gasteiger partial charge >= 0.3 is 0 Å². The predicted molar refractivity (Wildman–Crippen MR) is 98.7 cm³/mol. The molecule has 0 aliphatic carbocycles. The first-order chi connectivity index (χ1) is 13.0. The zero-order valence-corrected chi connectivity index (χ0v) is 15.3. The van der Waals surface area contributed by atoms with Gasteiger partial charge in [0.1, 0.15) is 5.76 Å². The van der Waals surface area contributed by atoms with Crippen LogP contribution in [0.25, 0.3) is 5.52 Å². The number of carbonyl (C=O) groups is 2. The van der Waals surface area contributed by atoms with Gasteiger partial charge in [0.2, 0.25) is 5.82 Å². The normalized spacial score (nSPS) is 15.3. The number of hydrogen-bond donors (Lipinski definition) is 1. The van der Waals surface area contributed by atoms with Crippen LogP contribution in [0, 0.1) is 12.8 Å². The summed E-state index contributed by atoms with van der Waals surface area (Å²) in [5.41, 5.74) is 0.758. The molecule has 1 aliphatic rings. The number of pyridine rings is 1. The maximum Gasteiger partial charge on any atom is 0.290 e. The molecule has 0 atom stereocenters. The minimum Gasteiger partial charge on any atom is -0.360 e. The van der Waals surface area contributed by atoms with Crippen LogP contribution in [0.3, 0.4) is 0 Å². The Hall–Kier alpha value is -3.16. The van der Waals surface area contributed by atoms with Crippen molar-refractivity contribution in [2.45, 2.75) is 26.7 Å². The summed E-state index contributed by atoms with van der Waals surface area (Å²) >= 11 is 0. The fourth-order valence-electron chi connectivity index (χ4n) is 3.31. The highest BCUT2D eigenvalue weighted by molar-refractivity contribution is 6.08. The molecule has 0 radical (unpaired) electrons. The number of likely N-dealkylation sites (tertiary alicyclic amines) is 1. The van der Waals surface area contributed by atoms with Gasteiger partial charge in [-0.3, -0.25) is 14.0 Å². The molecule has 2 amide bonds. The first-order valence-corrected chi connectivity index (χ1v) is 9.04. The molecular weight excluding hydrogens is 346 g/mol. The Labute approximate surface area is 156 Å². The fourth-order valence-corrected chi connectivity index (χ4v) is 3.31. The van der Waals surface area contributed by atoms with Crippen LogP contribution in [0.5, 0.6) is 0 Å². The van der Waals surface area contributed by atoms with Gasteiger partial charge in [0.05, 0.1) is 5.52 Å². The maximum absolute atomic E-state index is 13.0. The van der Waals surface area contributed by atoms with Gasteiger partial charge in [-0.05, 0) is 37.8 Å². The lowest BCUT2D eigenvalue weighted by molar-refractivity contribution is 0.0684. The maximum atomic E-state index is 13.0. The molecule has 0 spiro atoms. The van der Waals surface area contributed by atoms with E-state index < -0.39 is 5.91 Å². The van der Waals surface area contributed by atoms with Gasteiger partial charge in [0.25, 0.3) is 11.8 Å². The second kappa shape index (κ2) is 6.86. The van der Waals surface area contributed by atoms with Crippen molar-refractivity contribution in [2.75, 3.05) is 18.4 Å². The molecule has 8 heteroatoms. The van der Waals surface area contributed by atoms with E-state index in [1.54, 1.807) is 29.7 Å². The van der Waals surface area contributed by atoms with E-state index in [1.165, 1.54) is 0 Å². The average Bonchev–Trinajstić information content (AvgIpc) is 3.25. The SMILES string of the molecule is Cc1cc(NC(=O)c2nc(C(=O)N3CCC(C)CC3)n3ccccc23)no1. The Morgan fingerprint density at radius 3 is 2.74 bits per heavy atom. The number of aromatic nitrogens is 3. The van der Waals surface area contributed by atoms with Crippen molar-refractivity contribution in [1.29, 1.82) is 0 Å². The van der Waals surface area contributed by atoms with E-state index in [-0.39, 0.29) is 17.4 Å². The number of carbonyl (C=O) groups excluding carboxylic acids is 2. The highest BCUT2D eigenvalue weighted by Gasteiger charge is 2.27. The van der Waals surface area contributed by atoms with E-state index in [0.717, 1.165) is 12.8 Å². The topological polar surface area (TPSA) is 92.7 Å². The van der Waals surface area contributed by atoms with Gasteiger partial charge in [0, 0.05) is 25.4 Å². The number of hydrogen-bond acceptors (Lipinski definition) is 5. The Kier molecular flexibility index (Phi) is 4.39. The van der Waals surface area contributed by atoms with Gasteiger partial charge in [-0.15, -0.1) is 0 Å². The van der Waals surface area contributed by atoms with Crippen LogP contribution >= 0.6 is 0 Å². The van der Waals surface area contributed by atoms with Crippen LogP contribution in [-0.2, 0) is 0 Å². The molecule has 1 aliphatic heterocycles. The van der Waals surface area contributed by atoms with E-state index in [0.29, 0.717) is 36.1 Å². The van der Waals surface area contributed by atoms with Crippen LogP contribution in [0.15, 0.2) is 35.0 Å². The van der Waals surface area contributed by atoms with Crippen LogP contribution in [0.1, 0.15) is 46.6 Å². The number of anilines is 1. The summed E-state index contributed by atoms with van der Waals surface area (Å²) in [4.78, 5) is 31.9. The molecule has 0 bridgehead atoms. The van der Waals surface area contributed by atoms with Crippen molar-refractivity contribution < 1.29 is 14.1 Å². The van der Waals surface area contributed by atoms with Crippen LogP contribution in [0.4, 0.5) is 5.82 Å². The zero-order valence-electron chi connectivity index (χ0n) is 15.3. The number of rotatable bonds is 3. The largest absolute Gasteiger partial charge is 0.360 e. The fraction of sp³-hybridized carbons (Fsp3) is 0.368. The molecule has 140 valence electrons. The first kappa shape index (κ1) is 17.3. The number of amides is 2.